The topological polar surface area (TPSA) is 149 Å². The van der Waals surface area contributed by atoms with E-state index in [4.69, 9.17) is 9.47 Å². The van der Waals surface area contributed by atoms with Gasteiger partial charge in [-0.1, -0.05) is 36.8 Å². The maximum Gasteiger partial charge on any atom is 0.330 e. The number of carbonyl (C=O) groups excluding carboxylic acids is 3. The summed E-state index contributed by atoms with van der Waals surface area (Å²) in [4.78, 5) is 55.2. The second-order valence-corrected chi connectivity index (χ2v) is 8.94. The lowest BCUT2D eigenvalue weighted by Gasteiger charge is -2.30. The van der Waals surface area contributed by atoms with E-state index in [1.165, 1.54) is 18.9 Å². The molecule has 1 aromatic carbocycles. The van der Waals surface area contributed by atoms with Crippen LogP contribution in [0.2, 0.25) is 0 Å². The summed E-state index contributed by atoms with van der Waals surface area (Å²) in [6.45, 7) is 2.36. The number of carbonyl (C=O) groups is 3. The van der Waals surface area contributed by atoms with Crippen LogP contribution in [0.5, 0.6) is 0 Å². The number of esters is 2. The van der Waals surface area contributed by atoms with Gasteiger partial charge in [-0.15, -0.1) is 10.1 Å². The molecular formula is C25H38N4O8. The summed E-state index contributed by atoms with van der Waals surface area (Å²) in [5.41, 5.74) is 1.06. The fourth-order valence-electron chi connectivity index (χ4n) is 4.40. The van der Waals surface area contributed by atoms with Crippen molar-refractivity contribution in [2.24, 2.45) is 0 Å². The van der Waals surface area contributed by atoms with Gasteiger partial charge in [0.25, 0.3) is 5.09 Å². The van der Waals surface area contributed by atoms with Crippen molar-refractivity contribution in [1.29, 1.82) is 0 Å². The Hall–Kier alpha value is -3.25. The Balaban J connectivity index is 2.14. The van der Waals surface area contributed by atoms with Crippen LogP contribution in [-0.2, 0) is 35.1 Å². The number of likely N-dealkylation sites (tertiary alicyclic amines) is 1. The zero-order valence-electron chi connectivity index (χ0n) is 21.7. The van der Waals surface area contributed by atoms with Crippen molar-refractivity contribution in [2.75, 3.05) is 27.2 Å². The summed E-state index contributed by atoms with van der Waals surface area (Å²) in [6.07, 6.45) is 2.60. The Bertz CT molecular complexity index is 885. The van der Waals surface area contributed by atoms with Crippen LogP contribution in [0.4, 0.5) is 0 Å². The van der Waals surface area contributed by atoms with Gasteiger partial charge < -0.3 is 19.7 Å². The van der Waals surface area contributed by atoms with Crippen molar-refractivity contribution in [3.05, 3.63) is 46.0 Å². The number of hydrogen-bond donors (Lipinski definition) is 2. The Morgan fingerprint density at radius 1 is 1.16 bits per heavy atom. The predicted octanol–water partition coefficient (Wildman–Crippen LogP) is 1.60. The quantitative estimate of drug-likeness (QED) is 0.108. The van der Waals surface area contributed by atoms with Gasteiger partial charge in [0.15, 0.2) is 0 Å². The molecule has 0 radical (unpaired) electrons. The van der Waals surface area contributed by atoms with E-state index in [-0.39, 0.29) is 5.91 Å². The van der Waals surface area contributed by atoms with Crippen LogP contribution in [0.25, 0.3) is 0 Å². The highest BCUT2D eigenvalue weighted by molar-refractivity contribution is 5.89. The van der Waals surface area contributed by atoms with Crippen LogP contribution in [0.15, 0.2) is 30.3 Å². The van der Waals surface area contributed by atoms with E-state index in [2.05, 4.69) is 15.5 Å². The molecule has 1 aliphatic rings. The maximum atomic E-state index is 13.7. The smallest absolute Gasteiger partial charge is 0.330 e. The van der Waals surface area contributed by atoms with Gasteiger partial charge >= 0.3 is 11.9 Å². The van der Waals surface area contributed by atoms with Crippen LogP contribution in [0.3, 0.4) is 0 Å². The average molecular weight is 523 g/mol. The third-order valence-corrected chi connectivity index (χ3v) is 6.24. The van der Waals surface area contributed by atoms with E-state index in [9.17, 15) is 24.5 Å². The third kappa shape index (κ3) is 9.96. The maximum absolute atomic E-state index is 13.7. The molecule has 12 nitrogen and oxygen atoms in total. The summed E-state index contributed by atoms with van der Waals surface area (Å²) >= 11 is 0. The molecule has 1 heterocycles. The standard InChI is InChI=1S/C25H38N4O8/c1-18(37-29(33)34)36-25(32)22-13-9-17-28(22)23(30)20(12-7-8-16-26-2)27-21(24(31)35-3)15-14-19-10-5-4-6-11-19/h4-6,10-11,18,20-22,26-27H,7-9,12-17H2,1-3H3/t18?,20-,21-,22-/m0/s1. The first-order chi connectivity index (χ1) is 17.8. The third-order valence-electron chi connectivity index (χ3n) is 6.24. The number of amides is 1. The van der Waals surface area contributed by atoms with E-state index < -0.39 is 41.4 Å². The molecule has 1 aliphatic heterocycles. The highest BCUT2D eigenvalue weighted by Crippen LogP contribution is 2.22. The molecule has 12 heteroatoms. The molecule has 0 bridgehead atoms. The van der Waals surface area contributed by atoms with Gasteiger partial charge in [0.2, 0.25) is 12.2 Å². The zero-order valence-corrected chi connectivity index (χ0v) is 21.7. The molecule has 2 N–H and O–H groups in total. The summed E-state index contributed by atoms with van der Waals surface area (Å²) in [6, 6.07) is 7.39. The predicted molar refractivity (Wildman–Crippen MR) is 134 cm³/mol. The van der Waals surface area contributed by atoms with Gasteiger partial charge in [0, 0.05) is 6.54 Å². The van der Waals surface area contributed by atoms with Crippen LogP contribution in [-0.4, -0.2) is 79.5 Å². The summed E-state index contributed by atoms with van der Waals surface area (Å²) in [7, 11) is 3.16. The monoisotopic (exact) mass is 522 g/mol. The molecule has 37 heavy (non-hydrogen) atoms. The minimum atomic E-state index is -1.39. The molecule has 0 aromatic heterocycles. The Kier molecular flexibility index (Phi) is 12.8. The molecule has 2 rings (SSSR count). The fraction of sp³-hybridized carbons (Fsp3) is 0.640. The number of nitrogens with one attached hydrogen (secondary N) is 2. The molecule has 206 valence electrons. The molecule has 0 spiro atoms. The zero-order chi connectivity index (χ0) is 27.2. The number of rotatable bonds is 16. The van der Waals surface area contributed by atoms with Crippen molar-refractivity contribution in [2.45, 2.75) is 76.3 Å². The SMILES string of the molecule is CNCCCC[C@H](N[C@@H](CCc1ccccc1)C(=O)OC)C(=O)N1CCC[C@H]1C(=O)OC(C)O[N+](=O)[O-]. The number of aryl methyl sites for hydroxylation is 1. The van der Waals surface area contributed by atoms with Crippen molar-refractivity contribution >= 4 is 17.8 Å². The van der Waals surface area contributed by atoms with Crippen LogP contribution >= 0.6 is 0 Å². The molecule has 0 saturated carbocycles. The van der Waals surface area contributed by atoms with Gasteiger partial charge in [-0.2, -0.15) is 0 Å². The normalized spacial score (nSPS) is 17.5. The number of nitrogens with zero attached hydrogens (tertiary/aromatic N) is 2. The molecule has 1 amide bonds. The first-order valence-electron chi connectivity index (χ1n) is 12.6. The van der Waals surface area contributed by atoms with Crippen molar-refractivity contribution < 1.29 is 33.8 Å². The number of ether oxygens (including phenoxy) is 2. The second kappa shape index (κ2) is 15.8. The van der Waals surface area contributed by atoms with Gasteiger partial charge in [-0.25, -0.2) is 4.79 Å². The highest BCUT2D eigenvalue weighted by Gasteiger charge is 2.39. The van der Waals surface area contributed by atoms with E-state index in [0.717, 1.165) is 18.5 Å². The molecule has 1 fully saturated rings. The van der Waals surface area contributed by atoms with E-state index >= 15 is 0 Å². The van der Waals surface area contributed by atoms with Gasteiger partial charge in [-0.3, -0.25) is 19.7 Å². The van der Waals surface area contributed by atoms with Crippen molar-refractivity contribution in [3.8, 4) is 0 Å². The highest BCUT2D eigenvalue weighted by atomic mass is 17.0. The summed E-state index contributed by atoms with van der Waals surface area (Å²) in [5.74, 6) is -1.55. The molecule has 1 aromatic rings. The Morgan fingerprint density at radius 2 is 1.89 bits per heavy atom. The lowest BCUT2D eigenvalue weighted by molar-refractivity contribution is -0.777. The van der Waals surface area contributed by atoms with Crippen molar-refractivity contribution in [3.63, 3.8) is 0 Å². The lowest BCUT2D eigenvalue weighted by Crippen LogP contribution is -2.54. The van der Waals surface area contributed by atoms with Crippen LogP contribution in [0.1, 0.15) is 51.0 Å². The Morgan fingerprint density at radius 3 is 2.54 bits per heavy atom. The minimum Gasteiger partial charge on any atom is -0.468 e. The van der Waals surface area contributed by atoms with Gasteiger partial charge in [-0.05, 0) is 64.6 Å². The van der Waals surface area contributed by atoms with Crippen LogP contribution < -0.4 is 10.6 Å². The average Bonchev–Trinajstić information content (AvgIpc) is 3.37. The molecule has 1 saturated heterocycles. The first kappa shape index (κ1) is 30.0. The van der Waals surface area contributed by atoms with Crippen molar-refractivity contribution in [1.82, 2.24) is 15.5 Å². The summed E-state index contributed by atoms with van der Waals surface area (Å²) in [5, 5.41) is 15.8. The first-order valence-corrected chi connectivity index (χ1v) is 12.6. The second-order valence-electron chi connectivity index (χ2n) is 8.94. The van der Waals surface area contributed by atoms with Gasteiger partial charge in [0.1, 0.15) is 12.1 Å². The molecule has 4 atom stereocenters. The van der Waals surface area contributed by atoms with Crippen LogP contribution in [0, 0.1) is 10.1 Å². The fourth-order valence-corrected chi connectivity index (χ4v) is 4.40. The number of benzene rings is 1. The Labute approximate surface area is 217 Å². The largest absolute Gasteiger partial charge is 0.468 e. The molecule has 0 aliphatic carbocycles. The summed E-state index contributed by atoms with van der Waals surface area (Å²) < 4.78 is 10.0. The van der Waals surface area contributed by atoms with E-state index in [0.29, 0.717) is 45.1 Å². The molecular weight excluding hydrogens is 484 g/mol. The number of unbranched alkanes of at least 4 members (excludes halogenated alkanes) is 1. The number of hydrogen-bond acceptors (Lipinski definition) is 10. The van der Waals surface area contributed by atoms with Gasteiger partial charge in [0.05, 0.1) is 13.2 Å². The lowest BCUT2D eigenvalue weighted by atomic mass is 10.0. The molecule has 1 unspecified atom stereocenters. The van der Waals surface area contributed by atoms with E-state index in [1.807, 2.05) is 37.4 Å². The number of methoxy groups -OCH3 is 1. The van der Waals surface area contributed by atoms with E-state index in [1.54, 1.807) is 0 Å². The minimum absolute atomic E-state index is 0.319.